The number of nitrogens with one attached hydrogen (secondary N) is 1. The molecule has 1 N–H and O–H groups in total. The lowest BCUT2D eigenvalue weighted by atomic mass is 9.78. The first-order chi connectivity index (χ1) is 20.2. The zero-order valence-corrected chi connectivity index (χ0v) is 23.6. The molecule has 0 aliphatic heterocycles. The van der Waals surface area contributed by atoms with Crippen LogP contribution in [0, 0.1) is 13.8 Å². The van der Waals surface area contributed by atoms with Crippen molar-refractivity contribution in [2.24, 2.45) is 0 Å². The average molecular weight is 535 g/mol. The molecule has 0 saturated carbocycles. The SMILES string of the molecule is Cc1ccccc1-c1c(CCCCc2ccccc2)c(-c2ccccn2)c(-c2cccnc2)c(C)c1-c1ccn[nH]1. The lowest BCUT2D eigenvalue weighted by molar-refractivity contribution is 0.735. The van der Waals surface area contributed by atoms with Crippen LogP contribution in [0.4, 0.5) is 0 Å². The highest BCUT2D eigenvalue weighted by Gasteiger charge is 2.27. The average Bonchev–Trinajstić information content (AvgIpc) is 3.56. The van der Waals surface area contributed by atoms with Gasteiger partial charge in [0.15, 0.2) is 0 Å². The smallest absolute Gasteiger partial charge is 0.0711 e. The van der Waals surface area contributed by atoms with Gasteiger partial charge in [-0.15, -0.1) is 0 Å². The lowest BCUT2D eigenvalue weighted by Gasteiger charge is -2.26. The Bertz CT molecular complexity index is 1730. The number of aryl methyl sites for hydroxylation is 2. The summed E-state index contributed by atoms with van der Waals surface area (Å²) in [6.07, 6.45) is 11.7. The molecular formula is C37H34N4. The zero-order valence-electron chi connectivity index (χ0n) is 23.6. The van der Waals surface area contributed by atoms with Crippen LogP contribution in [0.1, 0.15) is 35.1 Å². The summed E-state index contributed by atoms with van der Waals surface area (Å²) < 4.78 is 0. The molecule has 4 heteroatoms. The minimum atomic E-state index is 0.928. The van der Waals surface area contributed by atoms with Gasteiger partial charge in [-0.3, -0.25) is 15.1 Å². The molecule has 41 heavy (non-hydrogen) atoms. The fourth-order valence-electron chi connectivity index (χ4n) is 6.00. The molecule has 0 aliphatic carbocycles. The van der Waals surface area contributed by atoms with Gasteiger partial charge in [0.1, 0.15) is 0 Å². The Balaban J connectivity index is 1.64. The van der Waals surface area contributed by atoms with E-state index in [0.29, 0.717) is 0 Å². The highest BCUT2D eigenvalue weighted by molar-refractivity contribution is 6.00. The Morgan fingerprint density at radius 3 is 2.17 bits per heavy atom. The van der Waals surface area contributed by atoms with Crippen LogP contribution in [0.2, 0.25) is 0 Å². The van der Waals surface area contributed by atoms with Gasteiger partial charge in [0, 0.05) is 41.5 Å². The minimum Gasteiger partial charge on any atom is -0.278 e. The first-order valence-electron chi connectivity index (χ1n) is 14.3. The number of nitrogens with zero attached hydrogens (tertiary/aromatic N) is 3. The summed E-state index contributed by atoms with van der Waals surface area (Å²) in [6.45, 7) is 4.43. The summed E-state index contributed by atoms with van der Waals surface area (Å²) in [6, 6.07) is 32.0. The molecule has 0 atom stereocenters. The van der Waals surface area contributed by atoms with Crippen molar-refractivity contribution in [1.82, 2.24) is 20.2 Å². The van der Waals surface area contributed by atoms with Crippen molar-refractivity contribution in [1.29, 1.82) is 0 Å². The predicted molar refractivity (Wildman–Crippen MR) is 168 cm³/mol. The fourth-order valence-corrected chi connectivity index (χ4v) is 6.00. The molecule has 0 bridgehead atoms. The summed E-state index contributed by atoms with van der Waals surface area (Å²) >= 11 is 0. The van der Waals surface area contributed by atoms with Crippen molar-refractivity contribution in [2.45, 2.75) is 39.5 Å². The molecule has 0 aliphatic rings. The topological polar surface area (TPSA) is 54.5 Å². The van der Waals surface area contributed by atoms with Crippen molar-refractivity contribution in [3.8, 4) is 44.8 Å². The van der Waals surface area contributed by atoms with E-state index in [1.165, 1.54) is 50.1 Å². The summed E-state index contributed by atoms with van der Waals surface area (Å²) in [5.41, 5.74) is 14.3. The maximum Gasteiger partial charge on any atom is 0.0711 e. The first kappa shape index (κ1) is 26.4. The molecule has 202 valence electrons. The van der Waals surface area contributed by atoms with E-state index in [4.69, 9.17) is 4.98 Å². The van der Waals surface area contributed by atoms with Crippen LogP contribution in [-0.2, 0) is 12.8 Å². The molecule has 3 heterocycles. The van der Waals surface area contributed by atoms with Gasteiger partial charge in [0.05, 0.1) is 11.4 Å². The summed E-state index contributed by atoms with van der Waals surface area (Å²) in [4.78, 5) is 9.44. The van der Waals surface area contributed by atoms with Gasteiger partial charge in [-0.1, -0.05) is 66.7 Å². The van der Waals surface area contributed by atoms with E-state index in [2.05, 4.69) is 108 Å². The number of hydrogen-bond acceptors (Lipinski definition) is 3. The van der Waals surface area contributed by atoms with E-state index in [1.807, 2.05) is 36.9 Å². The van der Waals surface area contributed by atoms with Crippen LogP contribution < -0.4 is 0 Å². The molecule has 0 radical (unpaired) electrons. The van der Waals surface area contributed by atoms with Gasteiger partial charge in [0.2, 0.25) is 0 Å². The molecule has 0 fully saturated rings. The number of aromatic amines is 1. The second-order valence-corrected chi connectivity index (χ2v) is 10.5. The Labute approximate surface area is 242 Å². The molecule has 3 aromatic carbocycles. The molecule has 0 saturated heterocycles. The van der Waals surface area contributed by atoms with E-state index in [0.717, 1.165) is 42.6 Å². The largest absolute Gasteiger partial charge is 0.278 e. The minimum absolute atomic E-state index is 0.928. The zero-order chi connectivity index (χ0) is 28.0. The second kappa shape index (κ2) is 12.1. The Morgan fingerprint density at radius 2 is 1.44 bits per heavy atom. The fraction of sp³-hybridized carbons (Fsp3) is 0.162. The molecule has 0 unspecified atom stereocenters. The van der Waals surface area contributed by atoms with Gasteiger partial charge < -0.3 is 0 Å². The number of rotatable bonds is 9. The van der Waals surface area contributed by atoms with E-state index >= 15 is 0 Å². The first-order valence-corrected chi connectivity index (χ1v) is 14.3. The molecule has 0 amide bonds. The number of unbranched alkanes of at least 4 members (excludes halogenated alkanes) is 1. The number of H-pyrrole nitrogens is 1. The van der Waals surface area contributed by atoms with Crippen LogP contribution in [0.5, 0.6) is 0 Å². The Kier molecular flexibility index (Phi) is 7.81. The Hall–Kier alpha value is -4.83. The van der Waals surface area contributed by atoms with Gasteiger partial charge in [-0.25, -0.2) is 0 Å². The number of hydrogen-bond donors (Lipinski definition) is 1. The summed E-state index contributed by atoms with van der Waals surface area (Å²) in [5, 5.41) is 7.67. The van der Waals surface area contributed by atoms with Crippen molar-refractivity contribution in [3.63, 3.8) is 0 Å². The van der Waals surface area contributed by atoms with Crippen molar-refractivity contribution in [3.05, 3.63) is 138 Å². The van der Waals surface area contributed by atoms with E-state index in [-0.39, 0.29) is 0 Å². The third kappa shape index (κ3) is 5.46. The lowest BCUT2D eigenvalue weighted by Crippen LogP contribution is -2.06. The molecular weight excluding hydrogens is 500 g/mol. The van der Waals surface area contributed by atoms with Gasteiger partial charge >= 0.3 is 0 Å². The van der Waals surface area contributed by atoms with Gasteiger partial charge in [0.25, 0.3) is 0 Å². The van der Waals surface area contributed by atoms with E-state index in [9.17, 15) is 0 Å². The third-order valence-corrected chi connectivity index (χ3v) is 7.89. The highest BCUT2D eigenvalue weighted by Crippen LogP contribution is 2.48. The van der Waals surface area contributed by atoms with Crippen molar-refractivity contribution >= 4 is 0 Å². The monoisotopic (exact) mass is 534 g/mol. The van der Waals surface area contributed by atoms with Gasteiger partial charge in [-0.05, 0) is 103 Å². The number of benzene rings is 3. The quantitative estimate of drug-likeness (QED) is 0.188. The van der Waals surface area contributed by atoms with Crippen LogP contribution in [-0.4, -0.2) is 20.2 Å². The van der Waals surface area contributed by atoms with E-state index in [1.54, 1.807) is 0 Å². The predicted octanol–water partition coefficient (Wildman–Crippen LogP) is 9.05. The number of aromatic nitrogens is 4. The number of pyridine rings is 2. The highest BCUT2D eigenvalue weighted by atomic mass is 15.1. The standard InChI is InChI=1S/C37H34N4/c1-26-13-6-8-18-30(26)36-31(19-9-7-16-28-14-4-3-5-15-28)37(32-20-10-11-23-39-32)34(29-17-12-22-38-25-29)27(2)35(36)33-21-24-40-41-33/h3-6,8,10-15,17-18,20-25H,7,9,16,19H2,1-2H3,(H,40,41). The maximum absolute atomic E-state index is 4.92. The normalized spacial score (nSPS) is 11.1. The van der Waals surface area contributed by atoms with Crippen LogP contribution in [0.25, 0.3) is 44.8 Å². The maximum atomic E-state index is 4.92. The summed E-state index contributed by atoms with van der Waals surface area (Å²) in [7, 11) is 0. The Morgan fingerprint density at radius 1 is 0.634 bits per heavy atom. The van der Waals surface area contributed by atoms with Crippen molar-refractivity contribution < 1.29 is 0 Å². The molecule has 4 nitrogen and oxygen atoms in total. The van der Waals surface area contributed by atoms with Crippen LogP contribution in [0.3, 0.4) is 0 Å². The van der Waals surface area contributed by atoms with Crippen LogP contribution >= 0.6 is 0 Å². The molecule has 6 rings (SSSR count). The molecule has 3 aromatic heterocycles. The van der Waals surface area contributed by atoms with Crippen LogP contribution in [0.15, 0.2) is 116 Å². The van der Waals surface area contributed by atoms with Crippen molar-refractivity contribution in [2.75, 3.05) is 0 Å². The summed E-state index contributed by atoms with van der Waals surface area (Å²) in [5.74, 6) is 0. The molecule has 6 aromatic rings. The second-order valence-electron chi connectivity index (χ2n) is 10.5. The third-order valence-electron chi connectivity index (χ3n) is 7.89. The van der Waals surface area contributed by atoms with Gasteiger partial charge in [-0.2, -0.15) is 5.10 Å². The van der Waals surface area contributed by atoms with E-state index < -0.39 is 0 Å². The molecule has 0 spiro atoms.